The van der Waals surface area contributed by atoms with Gasteiger partial charge in [-0.1, -0.05) is 0 Å². The van der Waals surface area contributed by atoms with Crippen molar-refractivity contribution in [2.75, 3.05) is 26.2 Å². The van der Waals surface area contributed by atoms with E-state index in [0.717, 1.165) is 32.5 Å². The predicted molar refractivity (Wildman–Crippen MR) is 52.7 cm³/mol. The highest BCUT2D eigenvalue weighted by atomic mass is 16.5. The first-order chi connectivity index (χ1) is 6.79. The minimum Gasteiger partial charge on any atom is -0.376 e. The molecule has 2 fully saturated rings. The van der Waals surface area contributed by atoms with Gasteiger partial charge in [0, 0.05) is 26.1 Å². The number of likely N-dealkylation sites (tertiary alicyclic amines) is 1. The molecule has 2 aliphatic rings. The van der Waals surface area contributed by atoms with Crippen molar-refractivity contribution in [3.8, 4) is 0 Å². The third-order valence-corrected chi connectivity index (χ3v) is 3.08. The van der Waals surface area contributed by atoms with Crippen molar-refractivity contribution in [1.29, 1.82) is 0 Å². The molecule has 0 saturated carbocycles. The number of carbonyl (C=O) groups is 1. The maximum absolute atomic E-state index is 11.5. The van der Waals surface area contributed by atoms with Crippen LogP contribution in [0.1, 0.15) is 19.3 Å². The molecule has 2 aliphatic heterocycles. The van der Waals surface area contributed by atoms with E-state index in [0.29, 0.717) is 18.9 Å². The molecule has 2 saturated heterocycles. The highest BCUT2D eigenvalue weighted by Gasteiger charge is 2.31. The minimum atomic E-state index is 0.246. The average molecular weight is 198 g/mol. The highest BCUT2D eigenvalue weighted by Crippen LogP contribution is 2.20. The molecule has 2 heterocycles. The van der Waals surface area contributed by atoms with Gasteiger partial charge in [0.2, 0.25) is 5.91 Å². The molecule has 0 aromatic carbocycles. The van der Waals surface area contributed by atoms with Gasteiger partial charge in [-0.05, 0) is 25.3 Å². The Bertz CT molecular complexity index is 214. The largest absolute Gasteiger partial charge is 0.376 e. The Morgan fingerprint density at radius 3 is 3.00 bits per heavy atom. The van der Waals surface area contributed by atoms with Crippen LogP contribution in [0.15, 0.2) is 0 Å². The molecule has 0 aromatic rings. The van der Waals surface area contributed by atoms with Crippen LogP contribution in [0.2, 0.25) is 0 Å². The van der Waals surface area contributed by atoms with Crippen molar-refractivity contribution in [3.63, 3.8) is 0 Å². The first-order valence-corrected chi connectivity index (χ1v) is 5.39. The van der Waals surface area contributed by atoms with Gasteiger partial charge in [0.1, 0.15) is 0 Å². The summed E-state index contributed by atoms with van der Waals surface area (Å²) < 4.78 is 5.51. The molecular weight excluding hydrogens is 180 g/mol. The lowest BCUT2D eigenvalue weighted by Crippen LogP contribution is -2.33. The Morgan fingerprint density at radius 2 is 2.43 bits per heavy atom. The Hall–Kier alpha value is -0.610. The van der Waals surface area contributed by atoms with E-state index in [4.69, 9.17) is 10.5 Å². The molecule has 80 valence electrons. The number of ether oxygens (including phenoxy) is 1. The summed E-state index contributed by atoms with van der Waals surface area (Å²) in [5.41, 5.74) is 5.56. The van der Waals surface area contributed by atoms with Gasteiger partial charge < -0.3 is 15.4 Å². The van der Waals surface area contributed by atoms with Crippen LogP contribution >= 0.6 is 0 Å². The highest BCUT2D eigenvalue weighted by molar-refractivity contribution is 5.78. The number of carbonyl (C=O) groups excluding carboxylic acids is 1. The Balaban J connectivity index is 1.82. The van der Waals surface area contributed by atoms with Crippen LogP contribution in [0.3, 0.4) is 0 Å². The Kier molecular flexibility index (Phi) is 3.03. The van der Waals surface area contributed by atoms with Crippen molar-refractivity contribution in [2.24, 2.45) is 11.7 Å². The molecule has 2 atom stereocenters. The fraction of sp³-hybridized carbons (Fsp3) is 0.900. The zero-order valence-electron chi connectivity index (χ0n) is 8.45. The van der Waals surface area contributed by atoms with Gasteiger partial charge in [0.15, 0.2) is 0 Å². The number of nitrogens with zero attached hydrogens (tertiary/aromatic N) is 1. The number of amides is 1. The molecule has 4 heteroatoms. The van der Waals surface area contributed by atoms with Crippen LogP contribution in [0.4, 0.5) is 0 Å². The third-order valence-electron chi connectivity index (χ3n) is 3.08. The van der Waals surface area contributed by atoms with E-state index < -0.39 is 0 Å². The summed E-state index contributed by atoms with van der Waals surface area (Å²) in [6, 6.07) is 0. The number of nitrogens with two attached hydrogens (primary N) is 1. The Labute approximate surface area is 84.4 Å². The van der Waals surface area contributed by atoms with Crippen molar-refractivity contribution in [3.05, 3.63) is 0 Å². The summed E-state index contributed by atoms with van der Waals surface area (Å²) in [5, 5.41) is 0. The summed E-state index contributed by atoms with van der Waals surface area (Å²) in [6.45, 7) is 3.07. The fourth-order valence-electron chi connectivity index (χ4n) is 2.22. The van der Waals surface area contributed by atoms with Crippen molar-refractivity contribution in [2.45, 2.75) is 25.4 Å². The average Bonchev–Trinajstić information content (AvgIpc) is 2.78. The summed E-state index contributed by atoms with van der Waals surface area (Å²) in [6.07, 6.45) is 3.13. The second-order valence-corrected chi connectivity index (χ2v) is 4.24. The smallest absolute Gasteiger partial charge is 0.223 e. The monoisotopic (exact) mass is 198 g/mol. The number of hydrogen-bond acceptors (Lipinski definition) is 3. The van der Waals surface area contributed by atoms with E-state index in [1.807, 2.05) is 4.90 Å². The second-order valence-electron chi connectivity index (χ2n) is 4.24. The topological polar surface area (TPSA) is 55.6 Å². The first kappa shape index (κ1) is 9.93. The standard InChI is InChI=1S/C10H18N2O2/c11-5-8-4-10(13)12(6-8)7-9-2-1-3-14-9/h8-9H,1-7,11H2. The summed E-state index contributed by atoms with van der Waals surface area (Å²) >= 11 is 0. The van der Waals surface area contributed by atoms with Gasteiger partial charge in [-0.15, -0.1) is 0 Å². The molecule has 0 aromatic heterocycles. The lowest BCUT2D eigenvalue weighted by Gasteiger charge is -2.20. The van der Waals surface area contributed by atoms with Gasteiger partial charge in [-0.2, -0.15) is 0 Å². The van der Waals surface area contributed by atoms with E-state index in [1.54, 1.807) is 0 Å². The maximum Gasteiger partial charge on any atom is 0.223 e. The molecule has 2 rings (SSSR count). The maximum atomic E-state index is 11.5. The van der Waals surface area contributed by atoms with Gasteiger partial charge in [0.05, 0.1) is 6.10 Å². The van der Waals surface area contributed by atoms with Crippen molar-refractivity contribution < 1.29 is 9.53 Å². The number of hydrogen-bond donors (Lipinski definition) is 1. The quantitative estimate of drug-likeness (QED) is 0.693. The van der Waals surface area contributed by atoms with Crippen LogP contribution in [-0.4, -0.2) is 43.2 Å². The molecule has 0 bridgehead atoms. The van der Waals surface area contributed by atoms with E-state index in [2.05, 4.69) is 0 Å². The van der Waals surface area contributed by atoms with Crippen molar-refractivity contribution in [1.82, 2.24) is 4.90 Å². The fourth-order valence-corrected chi connectivity index (χ4v) is 2.22. The summed E-state index contributed by atoms with van der Waals surface area (Å²) in [7, 11) is 0. The van der Waals surface area contributed by atoms with Crippen LogP contribution in [0.25, 0.3) is 0 Å². The Morgan fingerprint density at radius 1 is 1.57 bits per heavy atom. The van der Waals surface area contributed by atoms with E-state index in [1.165, 1.54) is 0 Å². The van der Waals surface area contributed by atoms with Gasteiger partial charge in [0.25, 0.3) is 0 Å². The normalized spacial score (nSPS) is 32.9. The van der Waals surface area contributed by atoms with Gasteiger partial charge in [-0.3, -0.25) is 4.79 Å². The SMILES string of the molecule is NCC1CC(=O)N(CC2CCCO2)C1. The lowest BCUT2D eigenvalue weighted by atomic mass is 10.1. The van der Waals surface area contributed by atoms with Crippen LogP contribution < -0.4 is 5.73 Å². The third kappa shape index (κ3) is 2.07. The minimum absolute atomic E-state index is 0.246. The molecule has 14 heavy (non-hydrogen) atoms. The van der Waals surface area contributed by atoms with Gasteiger partial charge >= 0.3 is 0 Å². The second kappa shape index (κ2) is 4.28. The molecule has 2 N–H and O–H groups in total. The molecule has 4 nitrogen and oxygen atoms in total. The molecular formula is C10H18N2O2. The van der Waals surface area contributed by atoms with Crippen LogP contribution in [-0.2, 0) is 9.53 Å². The zero-order valence-corrected chi connectivity index (χ0v) is 8.45. The molecule has 0 radical (unpaired) electrons. The summed E-state index contributed by atoms with van der Waals surface area (Å²) in [5.74, 6) is 0.611. The first-order valence-electron chi connectivity index (χ1n) is 5.39. The van der Waals surface area contributed by atoms with Crippen LogP contribution in [0, 0.1) is 5.92 Å². The molecule has 2 unspecified atom stereocenters. The molecule has 0 aliphatic carbocycles. The van der Waals surface area contributed by atoms with E-state index in [-0.39, 0.29) is 12.0 Å². The van der Waals surface area contributed by atoms with E-state index >= 15 is 0 Å². The lowest BCUT2D eigenvalue weighted by molar-refractivity contribution is -0.129. The molecule has 1 amide bonds. The van der Waals surface area contributed by atoms with Gasteiger partial charge in [-0.25, -0.2) is 0 Å². The van der Waals surface area contributed by atoms with Crippen molar-refractivity contribution >= 4 is 5.91 Å². The zero-order chi connectivity index (χ0) is 9.97. The molecule has 0 spiro atoms. The predicted octanol–water partition coefficient (Wildman–Crippen LogP) is -0.0274. The van der Waals surface area contributed by atoms with Crippen LogP contribution in [0.5, 0.6) is 0 Å². The number of rotatable bonds is 3. The summed E-state index contributed by atoms with van der Waals surface area (Å²) in [4.78, 5) is 13.5. The van der Waals surface area contributed by atoms with E-state index in [9.17, 15) is 4.79 Å².